The van der Waals surface area contributed by atoms with Crippen LogP contribution < -0.4 is 9.46 Å². The van der Waals surface area contributed by atoms with Crippen molar-refractivity contribution in [1.29, 1.82) is 0 Å². The second kappa shape index (κ2) is 7.11. The molecule has 0 aliphatic carbocycles. The van der Waals surface area contributed by atoms with Gasteiger partial charge in [0.15, 0.2) is 0 Å². The summed E-state index contributed by atoms with van der Waals surface area (Å²) in [5.41, 5.74) is 0.920. The third-order valence-corrected chi connectivity index (χ3v) is 4.43. The fourth-order valence-electron chi connectivity index (χ4n) is 2.63. The first kappa shape index (κ1) is 16.8. The number of sulfonamides is 1. The summed E-state index contributed by atoms with van der Waals surface area (Å²) in [7, 11) is -1.64. The van der Waals surface area contributed by atoms with Crippen molar-refractivity contribution in [2.75, 3.05) is 26.5 Å². The van der Waals surface area contributed by atoms with Crippen LogP contribution in [0.4, 0.5) is 0 Å². The number of hydrogen-bond donors (Lipinski definition) is 1. The van der Waals surface area contributed by atoms with Gasteiger partial charge in [-0.1, -0.05) is 12.1 Å². The number of amides is 1. The van der Waals surface area contributed by atoms with Gasteiger partial charge in [0, 0.05) is 19.1 Å². The number of methoxy groups -OCH3 is 1. The number of carbonyl (C=O) groups excluding carboxylic acids is 1. The lowest BCUT2D eigenvalue weighted by molar-refractivity contribution is -0.131. The zero-order valence-corrected chi connectivity index (χ0v) is 13.7. The van der Waals surface area contributed by atoms with Crippen molar-refractivity contribution in [3.8, 4) is 5.75 Å². The number of likely N-dealkylation sites (tertiary alicyclic amines) is 1. The molecule has 1 heterocycles. The fourth-order valence-corrected chi connectivity index (χ4v) is 3.43. The van der Waals surface area contributed by atoms with Gasteiger partial charge in [-0.05, 0) is 30.5 Å². The van der Waals surface area contributed by atoms with E-state index in [-0.39, 0.29) is 11.9 Å². The lowest BCUT2D eigenvalue weighted by Gasteiger charge is -2.32. The summed E-state index contributed by atoms with van der Waals surface area (Å²) in [5.74, 6) is 0.775. The van der Waals surface area contributed by atoms with Gasteiger partial charge in [0.2, 0.25) is 15.9 Å². The Kier molecular flexibility index (Phi) is 5.42. The smallest absolute Gasteiger partial charge is 0.227 e. The zero-order valence-electron chi connectivity index (χ0n) is 12.9. The summed E-state index contributed by atoms with van der Waals surface area (Å²) in [5, 5.41) is 0. The molecule has 1 aromatic rings. The Morgan fingerprint density at radius 1 is 1.36 bits per heavy atom. The van der Waals surface area contributed by atoms with E-state index in [9.17, 15) is 13.2 Å². The highest BCUT2D eigenvalue weighted by Gasteiger charge is 2.25. The van der Waals surface area contributed by atoms with E-state index in [1.807, 2.05) is 24.3 Å². The SMILES string of the molecule is COc1ccc(CC(=O)N2CCCC(NS(C)(=O)=O)C2)cc1. The first-order chi connectivity index (χ1) is 10.4. The molecule has 1 fully saturated rings. The van der Waals surface area contributed by atoms with Gasteiger partial charge in [-0.2, -0.15) is 0 Å². The first-order valence-electron chi connectivity index (χ1n) is 7.25. The monoisotopic (exact) mass is 326 g/mol. The van der Waals surface area contributed by atoms with Crippen molar-refractivity contribution in [2.45, 2.75) is 25.3 Å². The summed E-state index contributed by atoms with van der Waals surface area (Å²) in [6.07, 6.45) is 3.03. The van der Waals surface area contributed by atoms with E-state index in [1.165, 1.54) is 0 Å². The lowest BCUT2D eigenvalue weighted by atomic mass is 10.1. The molecule has 0 saturated carbocycles. The van der Waals surface area contributed by atoms with E-state index >= 15 is 0 Å². The molecule has 1 N–H and O–H groups in total. The normalized spacial score (nSPS) is 19.0. The van der Waals surface area contributed by atoms with E-state index in [1.54, 1.807) is 12.0 Å². The van der Waals surface area contributed by atoms with Crippen LogP contribution in [-0.2, 0) is 21.2 Å². The minimum absolute atomic E-state index is 0.0187. The molecular weight excluding hydrogens is 304 g/mol. The summed E-state index contributed by atoms with van der Waals surface area (Å²) in [6.45, 7) is 1.11. The number of rotatable bonds is 5. The van der Waals surface area contributed by atoms with Gasteiger partial charge < -0.3 is 9.64 Å². The van der Waals surface area contributed by atoms with E-state index in [0.717, 1.165) is 30.4 Å². The number of piperidine rings is 1. The lowest BCUT2D eigenvalue weighted by Crippen LogP contribution is -2.49. The van der Waals surface area contributed by atoms with Crippen LogP contribution >= 0.6 is 0 Å². The van der Waals surface area contributed by atoms with Crippen molar-refractivity contribution in [3.05, 3.63) is 29.8 Å². The summed E-state index contributed by atoms with van der Waals surface area (Å²) < 4.78 is 30.3. The zero-order chi connectivity index (χ0) is 16.2. The van der Waals surface area contributed by atoms with E-state index in [2.05, 4.69) is 4.72 Å². The first-order valence-corrected chi connectivity index (χ1v) is 9.14. The molecule has 0 spiro atoms. The van der Waals surface area contributed by atoms with Gasteiger partial charge in [-0.25, -0.2) is 13.1 Å². The molecule has 1 aliphatic heterocycles. The van der Waals surface area contributed by atoms with Gasteiger partial charge in [-0.15, -0.1) is 0 Å². The maximum absolute atomic E-state index is 12.4. The quantitative estimate of drug-likeness (QED) is 0.867. The molecule has 1 atom stereocenters. The van der Waals surface area contributed by atoms with E-state index in [4.69, 9.17) is 4.74 Å². The Morgan fingerprint density at radius 2 is 2.05 bits per heavy atom. The highest BCUT2D eigenvalue weighted by Crippen LogP contribution is 2.15. The van der Waals surface area contributed by atoms with Crippen molar-refractivity contribution in [1.82, 2.24) is 9.62 Å². The number of carbonyl (C=O) groups is 1. The van der Waals surface area contributed by atoms with Crippen LogP contribution in [-0.4, -0.2) is 51.7 Å². The molecule has 1 aliphatic rings. The number of nitrogens with one attached hydrogen (secondary N) is 1. The van der Waals surface area contributed by atoms with Crippen LogP contribution in [0, 0.1) is 0 Å². The second-order valence-electron chi connectivity index (χ2n) is 5.59. The van der Waals surface area contributed by atoms with Crippen molar-refractivity contribution < 1.29 is 17.9 Å². The minimum Gasteiger partial charge on any atom is -0.497 e. The maximum Gasteiger partial charge on any atom is 0.227 e. The van der Waals surface area contributed by atoms with Crippen molar-refractivity contribution in [3.63, 3.8) is 0 Å². The number of benzene rings is 1. The van der Waals surface area contributed by atoms with Gasteiger partial charge in [0.1, 0.15) is 5.75 Å². The standard InChI is InChI=1S/C15H22N2O4S/c1-21-14-7-5-12(6-8-14)10-15(18)17-9-3-4-13(11-17)16-22(2,19)20/h5-8,13,16H,3-4,9-11H2,1-2H3. The number of ether oxygens (including phenoxy) is 1. The Hall–Kier alpha value is -1.60. The summed E-state index contributed by atoms with van der Waals surface area (Å²) >= 11 is 0. The van der Waals surface area contributed by atoms with Crippen LogP contribution in [0.3, 0.4) is 0 Å². The van der Waals surface area contributed by atoms with Gasteiger partial charge in [0.05, 0.1) is 19.8 Å². The topological polar surface area (TPSA) is 75.7 Å². The van der Waals surface area contributed by atoms with Gasteiger partial charge in [0.25, 0.3) is 0 Å². The molecule has 22 heavy (non-hydrogen) atoms. The van der Waals surface area contributed by atoms with Crippen LogP contribution in [0.2, 0.25) is 0 Å². The maximum atomic E-state index is 12.4. The molecule has 1 aromatic carbocycles. The number of nitrogens with zero attached hydrogens (tertiary/aromatic N) is 1. The molecule has 0 bridgehead atoms. The molecule has 2 rings (SSSR count). The van der Waals surface area contributed by atoms with Gasteiger partial charge in [-0.3, -0.25) is 4.79 Å². The van der Waals surface area contributed by atoms with E-state index in [0.29, 0.717) is 19.5 Å². The highest BCUT2D eigenvalue weighted by molar-refractivity contribution is 7.88. The fraction of sp³-hybridized carbons (Fsp3) is 0.533. The molecular formula is C15H22N2O4S. The molecule has 0 aromatic heterocycles. The molecule has 7 heteroatoms. The van der Waals surface area contributed by atoms with Crippen LogP contribution in [0.15, 0.2) is 24.3 Å². The Labute approximate surface area is 131 Å². The van der Waals surface area contributed by atoms with Crippen LogP contribution in [0.1, 0.15) is 18.4 Å². The molecule has 6 nitrogen and oxygen atoms in total. The third-order valence-electron chi connectivity index (χ3n) is 3.67. The Balaban J connectivity index is 1.93. The second-order valence-corrected chi connectivity index (χ2v) is 7.37. The van der Waals surface area contributed by atoms with Crippen LogP contribution in [0.25, 0.3) is 0 Å². The van der Waals surface area contributed by atoms with Crippen molar-refractivity contribution in [2.24, 2.45) is 0 Å². The average Bonchev–Trinajstić information content (AvgIpc) is 2.46. The Morgan fingerprint density at radius 3 is 2.64 bits per heavy atom. The van der Waals surface area contributed by atoms with Crippen molar-refractivity contribution >= 4 is 15.9 Å². The Bertz CT molecular complexity index is 613. The van der Waals surface area contributed by atoms with E-state index < -0.39 is 10.0 Å². The average molecular weight is 326 g/mol. The van der Waals surface area contributed by atoms with Gasteiger partial charge >= 0.3 is 0 Å². The molecule has 1 saturated heterocycles. The largest absolute Gasteiger partial charge is 0.497 e. The highest BCUT2D eigenvalue weighted by atomic mass is 32.2. The summed E-state index contributed by atoms with van der Waals surface area (Å²) in [4.78, 5) is 14.1. The molecule has 1 unspecified atom stereocenters. The van der Waals surface area contributed by atoms with Crippen LogP contribution in [0.5, 0.6) is 5.75 Å². The third kappa shape index (κ3) is 4.99. The molecule has 122 valence electrons. The molecule has 0 radical (unpaired) electrons. The predicted octanol–water partition coefficient (Wildman–Crippen LogP) is 0.778. The predicted molar refractivity (Wildman–Crippen MR) is 84.3 cm³/mol. The summed E-state index contributed by atoms with van der Waals surface area (Å²) in [6, 6.07) is 7.20. The number of hydrogen-bond acceptors (Lipinski definition) is 4. The minimum atomic E-state index is -3.24. The molecule has 1 amide bonds.